The summed E-state index contributed by atoms with van der Waals surface area (Å²) in [6.07, 6.45) is -3.46. The molecular weight excluding hydrogens is 630 g/mol. The molecule has 4 aromatic rings. The van der Waals surface area contributed by atoms with E-state index in [-0.39, 0.29) is 35.6 Å². The van der Waals surface area contributed by atoms with Crippen LogP contribution in [0.3, 0.4) is 0 Å². The highest BCUT2D eigenvalue weighted by Crippen LogP contribution is 2.49. The molecule has 1 aromatic heterocycles. The van der Waals surface area contributed by atoms with E-state index in [2.05, 4.69) is 10.3 Å². The third-order valence-electron chi connectivity index (χ3n) is 7.73. The lowest BCUT2D eigenvalue weighted by molar-refractivity contribution is -0.0787. The Kier molecular flexibility index (Phi) is 8.75. The molecule has 2 unspecified atom stereocenters. The highest BCUT2D eigenvalue weighted by molar-refractivity contribution is 7.90. The number of nitrogens with zero attached hydrogens (tertiary/aromatic N) is 1. The van der Waals surface area contributed by atoms with Crippen LogP contribution in [0.25, 0.3) is 0 Å². The van der Waals surface area contributed by atoms with Gasteiger partial charge in [-0.2, -0.15) is 8.42 Å². The molecule has 0 aliphatic carbocycles. The van der Waals surface area contributed by atoms with Gasteiger partial charge in [0.05, 0.1) is 29.9 Å². The first-order chi connectivity index (χ1) is 22.6. The number of carbonyl (C=O) groups is 2. The Balaban J connectivity index is 1.48. The zero-order valence-corrected chi connectivity index (χ0v) is 25.7. The van der Waals surface area contributed by atoms with E-state index in [0.717, 1.165) is 10.1 Å². The Labute approximate surface area is 268 Å². The number of aromatic nitrogens is 2. The molecule has 242 valence electrons. The molecule has 47 heavy (non-hydrogen) atoms. The third kappa shape index (κ3) is 6.44. The van der Waals surface area contributed by atoms with Crippen LogP contribution in [-0.2, 0) is 35.1 Å². The van der Waals surface area contributed by atoms with Crippen molar-refractivity contribution in [3.8, 4) is 0 Å². The molecule has 4 atom stereocenters. The molecule has 1 spiro atoms. The van der Waals surface area contributed by atoms with Gasteiger partial charge in [0, 0.05) is 17.3 Å². The summed E-state index contributed by atoms with van der Waals surface area (Å²) >= 11 is 0. The fraction of sp³-hybridized carbons (Fsp3) is 0.212. The second-order valence-electron chi connectivity index (χ2n) is 10.9. The standard InChI is InChI=1S/C33H29N3O10S/c1-21-17-36(32(40)35-28(21)37)30-27(45-31(39)24-15-9-4-10-16-24)33(26(44-30)19-43-18-22-11-5-2-6-12-22)25(20-47(41,42)46-33)34-29(38)23-13-7-3-8-14-23/h2-17,20,26-27,30H,18-19H2,1H3,(H,34,38)(H,35,37,40)/t26?,27-,30+,33?/m0/s1. The van der Waals surface area contributed by atoms with E-state index >= 15 is 0 Å². The molecule has 13 nitrogen and oxygen atoms in total. The summed E-state index contributed by atoms with van der Waals surface area (Å²) in [7, 11) is -4.54. The molecule has 1 saturated heterocycles. The first-order valence-corrected chi connectivity index (χ1v) is 15.9. The highest BCUT2D eigenvalue weighted by Gasteiger charge is 2.68. The topological polar surface area (TPSA) is 172 Å². The van der Waals surface area contributed by atoms with Crippen LogP contribution in [0.15, 0.2) is 118 Å². The van der Waals surface area contributed by atoms with Gasteiger partial charge in [0.15, 0.2) is 17.9 Å². The van der Waals surface area contributed by atoms with Gasteiger partial charge >= 0.3 is 11.7 Å². The molecule has 2 aliphatic rings. The van der Waals surface area contributed by atoms with Gasteiger partial charge in [0.25, 0.3) is 21.6 Å². The predicted octanol–water partition coefficient (Wildman–Crippen LogP) is 2.56. The lowest BCUT2D eigenvalue weighted by Crippen LogP contribution is -2.56. The molecule has 2 aliphatic heterocycles. The number of esters is 1. The number of rotatable bonds is 9. The zero-order valence-electron chi connectivity index (χ0n) is 24.9. The number of hydrogen-bond acceptors (Lipinski definition) is 10. The van der Waals surface area contributed by atoms with Crippen LogP contribution in [0.4, 0.5) is 0 Å². The predicted molar refractivity (Wildman–Crippen MR) is 166 cm³/mol. The van der Waals surface area contributed by atoms with Crippen molar-refractivity contribution in [2.45, 2.75) is 37.6 Å². The van der Waals surface area contributed by atoms with Crippen molar-refractivity contribution in [3.63, 3.8) is 0 Å². The van der Waals surface area contributed by atoms with Crippen LogP contribution in [0, 0.1) is 6.92 Å². The normalized spacial score (nSPS) is 22.9. The van der Waals surface area contributed by atoms with Crippen molar-refractivity contribution in [2.75, 3.05) is 6.61 Å². The van der Waals surface area contributed by atoms with Gasteiger partial charge in [-0.15, -0.1) is 0 Å². The first kappa shape index (κ1) is 31.8. The van der Waals surface area contributed by atoms with Gasteiger partial charge < -0.3 is 19.5 Å². The number of hydrogen-bond donors (Lipinski definition) is 2. The minimum atomic E-state index is -4.54. The van der Waals surface area contributed by atoms with E-state index in [1.807, 2.05) is 30.3 Å². The summed E-state index contributed by atoms with van der Waals surface area (Å²) in [5, 5.41) is 3.33. The molecule has 6 rings (SSSR count). The van der Waals surface area contributed by atoms with Crippen LogP contribution in [0.5, 0.6) is 0 Å². The molecule has 3 heterocycles. The monoisotopic (exact) mass is 659 g/mol. The van der Waals surface area contributed by atoms with Gasteiger partial charge in [-0.1, -0.05) is 66.7 Å². The lowest BCUT2D eigenvalue weighted by atomic mass is 9.88. The molecule has 3 aromatic carbocycles. The Bertz CT molecular complexity index is 2050. The first-order valence-electron chi connectivity index (χ1n) is 14.5. The van der Waals surface area contributed by atoms with E-state index in [9.17, 15) is 27.6 Å². The maximum Gasteiger partial charge on any atom is 0.338 e. The molecule has 0 bridgehead atoms. The summed E-state index contributed by atoms with van der Waals surface area (Å²) < 4.78 is 51.5. The summed E-state index contributed by atoms with van der Waals surface area (Å²) in [5.41, 5.74) is -2.92. The maximum atomic E-state index is 13.6. The SMILES string of the molecule is Cc1cn([C@@H]2OC(COCc3ccccc3)C3(OS(=O)(=O)C=C3NC(=O)c3ccccc3)[C@H]2OC(=O)c2ccccc2)c(=O)[nH]c1=O. The number of aryl methyl sites for hydroxylation is 1. The van der Waals surface area contributed by atoms with Crippen molar-refractivity contribution >= 4 is 22.0 Å². The third-order valence-corrected chi connectivity index (χ3v) is 8.76. The van der Waals surface area contributed by atoms with Crippen LogP contribution in [-0.4, -0.2) is 54.3 Å². The maximum absolute atomic E-state index is 13.6. The molecule has 1 amide bonds. The van der Waals surface area contributed by atoms with Gasteiger partial charge in [0.2, 0.25) is 0 Å². The van der Waals surface area contributed by atoms with Crippen molar-refractivity contribution in [1.29, 1.82) is 0 Å². The average molecular weight is 660 g/mol. The van der Waals surface area contributed by atoms with Gasteiger partial charge in [-0.05, 0) is 36.8 Å². The van der Waals surface area contributed by atoms with Gasteiger partial charge in [0.1, 0.15) is 6.10 Å². The summed E-state index contributed by atoms with van der Waals surface area (Å²) in [4.78, 5) is 54.6. The second kappa shape index (κ2) is 12.9. The summed E-state index contributed by atoms with van der Waals surface area (Å²) in [6.45, 7) is 1.19. The molecule has 1 fully saturated rings. The Morgan fingerprint density at radius 2 is 1.55 bits per heavy atom. The quantitative estimate of drug-likeness (QED) is 0.201. The second-order valence-corrected chi connectivity index (χ2v) is 12.3. The van der Waals surface area contributed by atoms with E-state index < -0.39 is 57.3 Å². The highest BCUT2D eigenvalue weighted by atomic mass is 32.2. The van der Waals surface area contributed by atoms with Gasteiger partial charge in [-0.25, -0.2) is 13.8 Å². The van der Waals surface area contributed by atoms with Crippen LogP contribution in [0.1, 0.15) is 38.1 Å². The molecule has 14 heteroatoms. The Morgan fingerprint density at radius 1 is 0.936 bits per heavy atom. The van der Waals surface area contributed by atoms with Crippen LogP contribution < -0.4 is 16.6 Å². The van der Waals surface area contributed by atoms with Crippen LogP contribution >= 0.6 is 0 Å². The zero-order chi connectivity index (χ0) is 33.2. The average Bonchev–Trinajstić information content (AvgIpc) is 3.51. The lowest BCUT2D eigenvalue weighted by Gasteiger charge is -2.34. The number of carbonyl (C=O) groups excluding carboxylic acids is 2. The molecular formula is C33H29N3O10S. The largest absolute Gasteiger partial charge is 0.450 e. The summed E-state index contributed by atoms with van der Waals surface area (Å²) in [5.74, 6) is -1.58. The minimum absolute atomic E-state index is 0.0792. The number of H-pyrrole nitrogens is 1. The van der Waals surface area contributed by atoms with E-state index in [4.69, 9.17) is 18.4 Å². The summed E-state index contributed by atoms with van der Waals surface area (Å²) in [6, 6.07) is 25.0. The number of aromatic amines is 1. The Hall–Kier alpha value is -5.15. The number of benzene rings is 3. The van der Waals surface area contributed by atoms with Crippen molar-refractivity contribution in [2.24, 2.45) is 0 Å². The van der Waals surface area contributed by atoms with Crippen molar-refractivity contribution in [1.82, 2.24) is 14.9 Å². The number of ether oxygens (including phenoxy) is 3. The van der Waals surface area contributed by atoms with Gasteiger partial charge in [-0.3, -0.25) is 19.1 Å². The number of nitrogens with one attached hydrogen (secondary N) is 2. The Morgan fingerprint density at radius 3 is 2.21 bits per heavy atom. The van der Waals surface area contributed by atoms with Crippen LogP contribution in [0.2, 0.25) is 0 Å². The molecule has 2 N–H and O–H groups in total. The van der Waals surface area contributed by atoms with E-state index in [1.54, 1.807) is 36.4 Å². The molecule has 0 radical (unpaired) electrons. The fourth-order valence-electron chi connectivity index (χ4n) is 5.48. The fourth-order valence-corrected chi connectivity index (χ4v) is 6.74. The van der Waals surface area contributed by atoms with Crippen molar-refractivity contribution < 1.29 is 36.4 Å². The minimum Gasteiger partial charge on any atom is -0.450 e. The van der Waals surface area contributed by atoms with Crippen molar-refractivity contribution in [3.05, 3.63) is 151 Å². The number of amides is 1. The smallest absolute Gasteiger partial charge is 0.338 e. The molecule has 0 saturated carbocycles. The van der Waals surface area contributed by atoms with E-state index in [1.165, 1.54) is 37.4 Å². The van der Waals surface area contributed by atoms with E-state index in [0.29, 0.717) is 5.41 Å².